The molecule has 0 saturated heterocycles. The molecule has 1 unspecified atom stereocenters. The van der Waals surface area contributed by atoms with Crippen molar-refractivity contribution in [3.8, 4) is 6.07 Å². The Bertz CT molecular complexity index is 313. The van der Waals surface area contributed by atoms with Gasteiger partial charge in [0, 0.05) is 13.1 Å². The van der Waals surface area contributed by atoms with E-state index < -0.39 is 0 Å². The lowest BCUT2D eigenvalue weighted by molar-refractivity contribution is 0.314. The topological polar surface area (TPSA) is 27.0 Å². The molecule has 0 bridgehead atoms. The third-order valence-corrected chi connectivity index (χ3v) is 2.43. The maximum atomic E-state index is 8.69. The van der Waals surface area contributed by atoms with E-state index in [9.17, 15) is 0 Å². The number of likely N-dealkylation sites (N-methyl/N-ethyl adjacent to an activating group) is 1. The third-order valence-electron chi connectivity index (χ3n) is 2.43. The molecule has 80 valence electrons. The van der Waals surface area contributed by atoms with Gasteiger partial charge in [0.05, 0.1) is 12.0 Å². The van der Waals surface area contributed by atoms with E-state index in [0.717, 1.165) is 19.5 Å². The van der Waals surface area contributed by atoms with Crippen molar-refractivity contribution >= 4 is 0 Å². The summed E-state index contributed by atoms with van der Waals surface area (Å²) in [6, 6.07) is 12.7. The van der Waals surface area contributed by atoms with Gasteiger partial charge >= 0.3 is 0 Å². The van der Waals surface area contributed by atoms with E-state index in [0.29, 0.717) is 0 Å². The van der Waals surface area contributed by atoms with E-state index >= 15 is 0 Å². The predicted molar refractivity (Wildman–Crippen MR) is 62.4 cm³/mol. The van der Waals surface area contributed by atoms with Crippen molar-refractivity contribution in [2.24, 2.45) is 5.92 Å². The van der Waals surface area contributed by atoms with Gasteiger partial charge < -0.3 is 4.90 Å². The first kappa shape index (κ1) is 11.7. The molecule has 0 aliphatic carbocycles. The Morgan fingerprint density at radius 1 is 1.33 bits per heavy atom. The fraction of sp³-hybridized carbons (Fsp3) is 0.462. The fourth-order valence-corrected chi connectivity index (χ4v) is 1.56. The summed E-state index contributed by atoms with van der Waals surface area (Å²) in [6.07, 6.45) is 1.05. The van der Waals surface area contributed by atoms with E-state index in [1.807, 2.05) is 13.0 Å². The molecule has 0 fully saturated rings. The predicted octanol–water partition coefficient (Wildman–Crippen LogP) is 2.32. The highest BCUT2D eigenvalue weighted by Gasteiger charge is 2.04. The van der Waals surface area contributed by atoms with Crippen LogP contribution in [-0.4, -0.2) is 25.0 Å². The highest BCUT2D eigenvalue weighted by molar-refractivity contribution is 5.14. The van der Waals surface area contributed by atoms with Gasteiger partial charge in [0.1, 0.15) is 0 Å². The molecule has 0 aliphatic rings. The number of benzene rings is 1. The summed E-state index contributed by atoms with van der Waals surface area (Å²) in [4.78, 5) is 2.21. The van der Waals surface area contributed by atoms with Gasteiger partial charge in [-0.15, -0.1) is 0 Å². The summed E-state index contributed by atoms with van der Waals surface area (Å²) in [5.41, 5.74) is 1.36. The SMILES string of the molecule is CC(C#N)CN(C)CCc1ccccc1. The second-order valence-electron chi connectivity index (χ2n) is 4.03. The van der Waals surface area contributed by atoms with Crippen LogP contribution in [-0.2, 0) is 6.42 Å². The summed E-state index contributed by atoms with van der Waals surface area (Å²) in [6.45, 7) is 3.82. The van der Waals surface area contributed by atoms with Gasteiger partial charge in [-0.1, -0.05) is 30.3 Å². The van der Waals surface area contributed by atoms with Crippen LogP contribution in [0.5, 0.6) is 0 Å². The molecule has 1 aromatic rings. The first-order chi connectivity index (χ1) is 7.22. The van der Waals surface area contributed by atoms with Gasteiger partial charge in [0.15, 0.2) is 0 Å². The van der Waals surface area contributed by atoms with Crippen LogP contribution in [0.4, 0.5) is 0 Å². The Labute approximate surface area is 92.1 Å². The van der Waals surface area contributed by atoms with E-state index in [-0.39, 0.29) is 5.92 Å². The first-order valence-electron chi connectivity index (χ1n) is 5.34. The zero-order chi connectivity index (χ0) is 11.1. The first-order valence-corrected chi connectivity index (χ1v) is 5.34. The largest absolute Gasteiger partial charge is 0.305 e. The van der Waals surface area contributed by atoms with Crippen LogP contribution in [0.1, 0.15) is 12.5 Å². The van der Waals surface area contributed by atoms with Crippen LogP contribution < -0.4 is 0 Å². The summed E-state index contributed by atoms with van der Waals surface area (Å²) < 4.78 is 0. The molecule has 0 N–H and O–H groups in total. The number of hydrogen-bond donors (Lipinski definition) is 0. The lowest BCUT2D eigenvalue weighted by atomic mass is 10.1. The van der Waals surface area contributed by atoms with E-state index in [2.05, 4.69) is 42.3 Å². The summed E-state index contributed by atoms with van der Waals surface area (Å²) in [5, 5.41) is 8.69. The summed E-state index contributed by atoms with van der Waals surface area (Å²) in [5.74, 6) is 0.116. The monoisotopic (exact) mass is 202 g/mol. The van der Waals surface area contributed by atoms with Crippen molar-refractivity contribution in [3.05, 3.63) is 35.9 Å². The van der Waals surface area contributed by atoms with Gasteiger partial charge in [-0.05, 0) is 26.0 Å². The Morgan fingerprint density at radius 3 is 2.60 bits per heavy atom. The summed E-state index contributed by atoms with van der Waals surface area (Å²) in [7, 11) is 2.07. The van der Waals surface area contributed by atoms with Gasteiger partial charge in [0.25, 0.3) is 0 Å². The molecular weight excluding hydrogens is 184 g/mol. The van der Waals surface area contributed by atoms with Gasteiger partial charge in [0.2, 0.25) is 0 Å². The second-order valence-corrected chi connectivity index (χ2v) is 4.03. The molecule has 0 spiro atoms. The van der Waals surface area contributed by atoms with Gasteiger partial charge in [-0.3, -0.25) is 0 Å². The number of hydrogen-bond acceptors (Lipinski definition) is 2. The van der Waals surface area contributed by atoms with Crippen molar-refractivity contribution in [1.29, 1.82) is 5.26 Å². The standard InChI is InChI=1S/C13H18N2/c1-12(10-14)11-15(2)9-8-13-6-4-3-5-7-13/h3-7,12H,8-9,11H2,1-2H3. The molecule has 0 heterocycles. The van der Waals surface area contributed by atoms with Gasteiger partial charge in [-0.2, -0.15) is 5.26 Å². The minimum Gasteiger partial charge on any atom is -0.305 e. The lowest BCUT2D eigenvalue weighted by Gasteiger charge is -2.17. The van der Waals surface area contributed by atoms with E-state index in [1.165, 1.54) is 5.56 Å². The highest BCUT2D eigenvalue weighted by atomic mass is 15.1. The van der Waals surface area contributed by atoms with Crippen LogP contribution in [0.2, 0.25) is 0 Å². The number of nitrogens with zero attached hydrogens (tertiary/aromatic N) is 2. The third kappa shape index (κ3) is 4.62. The lowest BCUT2D eigenvalue weighted by Crippen LogP contribution is -2.26. The molecule has 1 rings (SSSR count). The maximum absolute atomic E-state index is 8.69. The second kappa shape index (κ2) is 6.21. The molecule has 1 aromatic carbocycles. The number of rotatable bonds is 5. The molecule has 0 aromatic heterocycles. The minimum atomic E-state index is 0.116. The van der Waals surface area contributed by atoms with E-state index in [4.69, 9.17) is 5.26 Å². The maximum Gasteiger partial charge on any atom is 0.0666 e. The normalized spacial score (nSPS) is 12.4. The van der Waals surface area contributed by atoms with E-state index in [1.54, 1.807) is 0 Å². The summed E-state index contributed by atoms with van der Waals surface area (Å²) >= 11 is 0. The zero-order valence-electron chi connectivity index (χ0n) is 9.48. The van der Waals surface area contributed by atoms with Crippen LogP contribution in [0.25, 0.3) is 0 Å². The average molecular weight is 202 g/mol. The Kier molecular flexibility index (Phi) is 4.86. The van der Waals surface area contributed by atoms with Crippen LogP contribution >= 0.6 is 0 Å². The van der Waals surface area contributed by atoms with Crippen LogP contribution in [0.3, 0.4) is 0 Å². The molecule has 2 heteroatoms. The van der Waals surface area contributed by atoms with Crippen molar-refractivity contribution in [3.63, 3.8) is 0 Å². The average Bonchev–Trinajstić information content (AvgIpc) is 2.27. The van der Waals surface area contributed by atoms with Crippen LogP contribution in [0, 0.1) is 17.2 Å². The Balaban J connectivity index is 2.29. The quantitative estimate of drug-likeness (QED) is 0.732. The highest BCUT2D eigenvalue weighted by Crippen LogP contribution is 2.02. The van der Waals surface area contributed by atoms with Gasteiger partial charge in [-0.25, -0.2) is 0 Å². The fourth-order valence-electron chi connectivity index (χ4n) is 1.56. The van der Waals surface area contributed by atoms with Crippen molar-refractivity contribution in [2.45, 2.75) is 13.3 Å². The molecule has 0 amide bonds. The molecule has 1 atom stereocenters. The van der Waals surface area contributed by atoms with Crippen molar-refractivity contribution in [2.75, 3.05) is 20.1 Å². The molecule has 0 saturated carbocycles. The Morgan fingerprint density at radius 2 is 2.00 bits per heavy atom. The molecule has 15 heavy (non-hydrogen) atoms. The molecule has 0 aliphatic heterocycles. The zero-order valence-corrected chi connectivity index (χ0v) is 9.48. The van der Waals surface area contributed by atoms with Crippen LogP contribution in [0.15, 0.2) is 30.3 Å². The molecular formula is C13H18N2. The van der Waals surface area contributed by atoms with Crippen molar-refractivity contribution in [1.82, 2.24) is 4.90 Å². The number of nitriles is 1. The molecule has 0 radical (unpaired) electrons. The smallest absolute Gasteiger partial charge is 0.0666 e. The minimum absolute atomic E-state index is 0.116. The van der Waals surface area contributed by atoms with Crippen molar-refractivity contribution < 1.29 is 0 Å². The Hall–Kier alpha value is -1.33. The molecule has 2 nitrogen and oxygen atoms in total.